The van der Waals surface area contributed by atoms with Gasteiger partial charge < -0.3 is 9.47 Å². The monoisotopic (exact) mass is 249 g/mol. The van der Waals surface area contributed by atoms with E-state index in [2.05, 4.69) is 6.07 Å². The minimum absolute atomic E-state index is 0.0274. The molecule has 0 saturated carbocycles. The first kappa shape index (κ1) is 12.8. The summed E-state index contributed by atoms with van der Waals surface area (Å²) in [6.45, 7) is 0. The molecule has 0 radical (unpaired) electrons. The van der Waals surface area contributed by atoms with Gasteiger partial charge in [0.15, 0.2) is 0 Å². The second-order valence-electron chi connectivity index (χ2n) is 4.48. The number of nitriles is 1. The SMILES string of the molecule is COc1ccc(F)cc1C[C@@H]1CC[C@H](CC#N)O1. The topological polar surface area (TPSA) is 42.2 Å². The van der Waals surface area contributed by atoms with E-state index in [1.807, 2.05) is 0 Å². The Balaban J connectivity index is 2.02. The van der Waals surface area contributed by atoms with Gasteiger partial charge in [0, 0.05) is 6.42 Å². The normalized spacial score (nSPS) is 22.7. The van der Waals surface area contributed by atoms with Crippen molar-refractivity contribution in [2.75, 3.05) is 7.11 Å². The van der Waals surface area contributed by atoms with Gasteiger partial charge in [0.1, 0.15) is 11.6 Å². The van der Waals surface area contributed by atoms with E-state index >= 15 is 0 Å². The summed E-state index contributed by atoms with van der Waals surface area (Å²) in [5.74, 6) is 0.418. The molecular weight excluding hydrogens is 233 g/mol. The maximum absolute atomic E-state index is 13.2. The lowest BCUT2D eigenvalue weighted by atomic mass is 10.0. The molecule has 1 aromatic rings. The Bertz CT molecular complexity index is 456. The lowest BCUT2D eigenvalue weighted by molar-refractivity contribution is 0.0482. The minimum Gasteiger partial charge on any atom is -0.496 e. The molecule has 0 aliphatic carbocycles. The summed E-state index contributed by atoms with van der Waals surface area (Å²) in [7, 11) is 1.57. The van der Waals surface area contributed by atoms with Crippen LogP contribution < -0.4 is 4.74 Å². The van der Waals surface area contributed by atoms with Crippen molar-refractivity contribution in [2.45, 2.75) is 37.9 Å². The highest BCUT2D eigenvalue weighted by atomic mass is 19.1. The molecule has 0 aromatic heterocycles. The molecular formula is C14H16FNO2. The van der Waals surface area contributed by atoms with Crippen LogP contribution in [0, 0.1) is 17.1 Å². The largest absolute Gasteiger partial charge is 0.496 e. The zero-order valence-electron chi connectivity index (χ0n) is 10.4. The molecule has 1 aliphatic rings. The molecule has 1 fully saturated rings. The first-order valence-corrected chi connectivity index (χ1v) is 6.07. The third-order valence-electron chi connectivity index (χ3n) is 3.20. The molecule has 0 amide bonds. The zero-order valence-corrected chi connectivity index (χ0v) is 10.4. The lowest BCUT2D eigenvalue weighted by Gasteiger charge is -2.14. The molecule has 1 aliphatic heterocycles. The fourth-order valence-electron chi connectivity index (χ4n) is 2.33. The van der Waals surface area contributed by atoms with E-state index in [4.69, 9.17) is 14.7 Å². The summed E-state index contributed by atoms with van der Waals surface area (Å²) in [5, 5.41) is 8.62. The van der Waals surface area contributed by atoms with Gasteiger partial charge in [-0.05, 0) is 36.6 Å². The van der Waals surface area contributed by atoms with Gasteiger partial charge in [0.05, 0.1) is 31.8 Å². The van der Waals surface area contributed by atoms with Crippen LogP contribution in [0.5, 0.6) is 5.75 Å². The summed E-state index contributed by atoms with van der Waals surface area (Å²) in [4.78, 5) is 0. The van der Waals surface area contributed by atoms with Crippen LogP contribution in [0.1, 0.15) is 24.8 Å². The van der Waals surface area contributed by atoms with Crippen LogP contribution in [-0.2, 0) is 11.2 Å². The Morgan fingerprint density at radius 1 is 1.44 bits per heavy atom. The Morgan fingerprint density at radius 3 is 2.94 bits per heavy atom. The summed E-state index contributed by atoms with van der Waals surface area (Å²) in [6, 6.07) is 6.62. The standard InChI is InChI=1S/C14H16FNO2/c1-17-14-5-2-11(15)8-10(14)9-13-4-3-12(18-13)6-7-16/h2,5,8,12-13H,3-4,6,9H2,1H3/t12-,13+/m1/s1. The second-order valence-corrected chi connectivity index (χ2v) is 4.48. The van der Waals surface area contributed by atoms with Crippen LogP contribution in [0.2, 0.25) is 0 Å². The van der Waals surface area contributed by atoms with Crippen LogP contribution in [0.4, 0.5) is 4.39 Å². The Labute approximate surface area is 106 Å². The summed E-state index contributed by atoms with van der Waals surface area (Å²) >= 11 is 0. The number of benzene rings is 1. The molecule has 0 spiro atoms. The minimum atomic E-state index is -0.266. The first-order chi connectivity index (χ1) is 8.72. The Hall–Kier alpha value is -1.60. The summed E-state index contributed by atoms with van der Waals surface area (Å²) < 4.78 is 24.2. The average molecular weight is 249 g/mol. The fraction of sp³-hybridized carbons (Fsp3) is 0.500. The fourth-order valence-corrected chi connectivity index (χ4v) is 2.33. The molecule has 18 heavy (non-hydrogen) atoms. The highest BCUT2D eigenvalue weighted by Gasteiger charge is 2.26. The highest BCUT2D eigenvalue weighted by Crippen LogP contribution is 2.28. The highest BCUT2D eigenvalue weighted by molar-refractivity contribution is 5.34. The maximum Gasteiger partial charge on any atom is 0.123 e. The van der Waals surface area contributed by atoms with E-state index in [1.54, 1.807) is 13.2 Å². The van der Waals surface area contributed by atoms with Crippen LogP contribution in [0.3, 0.4) is 0 Å². The predicted molar refractivity (Wildman–Crippen MR) is 64.8 cm³/mol. The van der Waals surface area contributed by atoms with Crippen molar-refractivity contribution in [3.63, 3.8) is 0 Å². The van der Waals surface area contributed by atoms with E-state index in [1.165, 1.54) is 12.1 Å². The number of halogens is 1. The molecule has 4 heteroatoms. The number of rotatable bonds is 4. The van der Waals surface area contributed by atoms with Crippen molar-refractivity contribution in [2.24, 2.45) is 0 Å². The van der Waals surface area contributed by atoms with E-state index in [0.717, 1.165) is 18.4 Å². The van der Waals surface area contributed by atoms with Crippen LogP contribution >= 0.6 is 0 Å². The maximum atomic E-state index is 13.2. The molecule has 0 unspecified atom stereocenters. The molecule has 1 heterocycles. The molecule has 3 nitrogen and oxygen atoms in total. The van der Waals surface area contributed by atoms with Crippen molar-refractivity contribution in [1.82, 2.24) is 0 Å². The van der Waals surface area contributed by atoms with Crippen molar-refractivity contribution in [1.29, 1.82) is 5.26 Å². The molecule has 2 rings (SSSR count). The van der Waals surface area contributed by atoms with E-state index < -0.39 is 0 Å². The number of nitrogens with zero attached hydrogens (tertiary/aromatic N) is 1. The molecule has 1 aromatic carbocycles. The van der Waals surface area contributed by atoms with Crippen molar-refractivity contribution < 1.29 is 13.9 Å². The van der Waals surface area contributed by atoms with Gasteiger partial charge >= 0.3 is 0 Å². The third-order valence-corrected chi connectivity index (χ3v) is 3.20. The quantitative estimate of drug-likeness (QED) is 0.824. The smallest absolute Gasteiger partial charge is 0.123 e. The molecule has 0 N–H and O–H groups in total. The van der Waals surface area contributed by atoms with Crippen molar-refractivity contribution >= 4 is 0 Å². The zero-order chi connectivity index (χ0) is 13.0. The van der Waals surface area contributed by atoms with E-state index in [-0.39, 0.29) is 18.0 Å². The molecule has 1 saturated heterocycles. The molecule has 96 valence electrons. The van der Waals surface area contributed by atoms with Gasteiger partial charge in [-0.1, -0.05) is 0 Å². The second kappa shape index (κ2) is 5.83. The molecule has 0 bridgehead atoms. The number of hydrogen-bond donors (Lipinski definition) is 0. The van der Waals surface area contributed by atoms with Crippen LogP contribution in [0.25, 0.3) is 0 Å². The van der Waals surface area contributed by atoms with Gasteiger partial charge in [-0.2, -0.15) is 5.26 Å². The van der Waals surface area contributed by atoms with Gasteiger partial charge in [0.25, 0.3) is 0 Å². The lowest BCUT2D eigenvalue weighted by Crippen LogP contribution is -2.13. The Morgan fingerprint density at radius 2 is 2.22 bits per heavy atom. The number of hydrogen-bond acceptors (Lipinski definition) is 3. The first-order valence-electron chi connectivity index (χ1n) is 6.07. The van der Waals surface area contributed by atoms with Crippen LogP contribution in [0.15, 0.2) is 18.2 Å². The number of methoxy groups -OCH3 is 1. The van der Waals surface area contributed by atoms with Crippen LogP contribution in [-0.4, -0.2) is 19.3 Å². The van der Waals surface area contributed by atoms with Crippen molar-refractivity contribution in [3.05, 3.63) is 29.6 Å². The van der Waals surface area contributed by atoms with Gasteiger partial charge in [-0.3, -0.25) is 0 Å². The molecule has 2 atom stereocenters. The van der Waals surface area contributed by atoms with Gasteiger partial charge in [0.2, 0.25) is 0 Å². The average Bonchev–Trinajstić information content (AvgIpc) is 2.77. The Kier molecular flexibility index (Phi) is 4.16. The van der Waals surface area contributed by atoms with E-state index in [9.17, 15) is 4.39 Å². The number of ether oxygens (including phenoxy) is 2. The van der Waals surface area contributed by atoms with Crippen molar-refractivity contribution in [3.8, 4) is 11.8 Å². The van der Waals surface area contributed by atoms with Gasteiger partial charge in [-0.15, -0.1) is 0 Å². The van der Waals surface area contributed by atoms with E-state index in [0.29, 0.717) is 18.6 Å². The summed E-state index contributed by atoms with van der Waals surface area (Å²) in [6.07, 6.45) is 2.94. The van der Waals surface area contributed by atoms with Gasteiger partial charge in [-0.25, -0.2) is 4.39 Å². The third kappa shape index (κ3) is 2.99. The predicted octanol–water partition coefficient (Wildman–Crippen LogP) is 2.84. The summed E-state index contributed by atoms with van der Waals surface area (Å²) in [5.41, 5.74) is 0.820.